The highest BCUT2D eigenvalue weighted by Crippen LogP contribution is 2.41. The molecule has 6 rings (SSSR count). The molecule has 4 heterocycles. The molecule has 3 aliphatic rings. The summed E-state index contributed by atoms with van der Waals surface area (Å²) in [5.41, 5.74) is 5.09. The Hall–Kier alpha value is -3.25. The number of piperidine rings is 2. The van der Waals surface area contributed by atoms with Crippen LogP contribution in [0.5, 0.6) is 0 Å². The second kappa shape index (κ2) is 10.0. The van der Waals surface area contributed by atoms with Crippen LogP contribution in [0.25, 0.3) is 22.5 Å². The van der Waals surface area contributed by atoms with Gasteiger partial charge < -0.3 is 9.32 Å². The second-order valence-electron chi connectivity index (χ2n) is 10.4. The number of benzene rings is 1. The normalized spacial score (nSPS) is 19.0. The molecule has 0 saturated carbocycles. The first-order chi connectivity index (χ1) is 17.7. The van der Waals surface area contributed by atoms with E-state index in [4.69, 9.17) is 4.42 Å². The van der Waals surface area contributed by atoms with Gasteiger partial charge in [0, 0.05) is 54.5 Å². The number of carbonyl (C=O) groups excluding carboxylic acids is 2. The molecular weight excluding hydrogens is 450 g/mol. The number of amides is 1. The summed E-state index contributed by atoms with van der Waals surface area (Å²) in [5.74, 6) is 2.61. The van der Waals surface area contributed by atoms with Crippen LogP contribution < -0.4 is 0 Å². The lowest BCUT2D eigenvalue weighted by Gasteiger charge is -2.34. The van der Waals surface area contributed by atoms with Gasteiger partial charge in [-0.3, -0.25) is 19.5 Å². The van der Waals surface area contributed by atoms with Gasteiger partial charge >= 0.3 is 0 Å². The van der Waals surface area contributed by atoms with Crippen molar-refractivity contribution in [2.45, 2.75) is 50.9 Å². The van der Waals surface area contributed by atoms with E-state index in [0.29, 0.717) is 13.0 Å². The fourth-order valence-electron chi connectivity index (χ4n) is 5.99. The number of hydrogen-bond donors (Lipinski definition) is 0. The van der Waals surface area contributed by atoms with E-state index in [9.17, 15) is 9.59 Å². The van der Waals surface area contributed by atoms with Crippen LogP contribution in [0.1, 0.15) is 66.1 Å². The predicted molar refractivity (Wildman–Crippen MR) is 139 cm³/mol. The first-order valence-electron chi connectivity index (χ1n) is 13.4. The number of furan rings is 1. The van der Waals surface area contributed by atoms with Crippen LogP contribution in [0.2, 0.25) is 0 Å². The zero-order chi connectivity index (χ0) is 24.5. The molecule has 0 N–H and O–H groups in total. The number of nitrogens with zero attached hydrogens (tertiary/aromatic N) is 3. The molecule has 186 valence electrons. The average molecular weight is 484 g/mol. The van der Waals surface area contributed by atoms with Crippen LogP contribution in [0.15, 0.2) is 53.2 Å². The molecule has 2 aliphatic heterocycles. The summed E-state index contributed by atoms with van der Waals surface area (Å²) in [6.07, 6.45) is 10.5. The maximum absolute atomic E-state index is 12.9. The molecule has 6 nitrogen and oxygen atoms in total. The number of hydrogen-bond acceptors (Lipinski definition) is 5. The smallest absolute Gasteiger partial charge is 0.236 e. The number of fused-ring (bicyclic) bond motifs is 1. The van der Waals surface area contributed by atoms with Crippen molar-refractivity contribution in [3.63, 3.8) is 0 Å². The van der Waals surface area contributed by atoms with Gasteiger partial charge in [0.25, 0.3) is 0 Å². The summed E-state index contributed by atoms with van der Waals surface area (Å²) in [7, 11) is 0. The molecule has 1 aliphatic carbocycles. The van der Waals surface area contributed by atoms with Crippen molar-refractivity contribution in [3.05, 3.63) is 65.7 Å². The molecule has 0 unspecified atom stereocenters. The first-order valence-corrected chi connectivity index (χ1v) is 13.4. The SMILES string of the molecule is O=C1CCc2cc(-c3oc(C4CCN(C(=O)CN5CCCCC5)CC4)cc3-c3ccncc3)ccc21. The fraction of sp³-hybridized carbons (Fsp3) is 0.433. The van der Waals surface area contributed by atoms with Gasteiger partial charge in [-0.1, -0.05) is 18.6 Å². The van der Waals surface area contributed by atoms with Crippen LogP contribution in [0.4, 0.5) is 0 Å². The van der Waals surface area contributed by atoms with Crippen molar-refractivity contribution in [2.24, 2.45) is 0 Å². The minimum atomic E-state index is 0.229. The second-order valence-corrected chi connectivity index (χ2v) is 10.4. The number of Topliss-reactive ketones (excluding diaryl/α,β-unsaturated/α-hetero) is 1. The lowest BCUT2D eigenvalue weighted by Crippen LogP contribution is -2.45. The Labute approximate surface area is 212 Å². The van der Waals surface area contributed by atoms with Crippen molar-refractivity contribution in [1.29, 1.82) is 0 Å². The molecule has 0 bridgehead atoms. The number of ketones is 1. The molecule has 1 amide bonds. The number of pyridine rings is 1. The van der Waals surface area contributed by atoms with Crippen molar-refractivity contribution >= 4 is 11.7 Å². The molecule has 0 spiro atoms. The van der Waals surface area contributed by atoms with Crippen LogP contribution in [-0.4, -0.2) is 59.2 Å². The number of likely N-dealkylation sites (tertiary alicyclic amines) is 2. The van der Waals surface area contributed by atoms with E-state index in [-0.39, 0.29) is 17.6 Å². The standard InChI is InChI=1S/C30H33N3O3/c34-27-7-5-23-18-24(4-6-25(23)27)30-26(21-8-12-31-13-9-21)19-28(36-30)22-10-16-33(17-11-22)29(35)20-32-14-2-1-3-15-32/h4,6,8-9,12-13,18-19,22H,1-3,5,7,10-11,14-17,20H2. The van der Waals surface area contributed by atoms with E-state index < -0.39 is 0 Å². The monoisotopic (exact) mass is 483 g/mol. The Balaban J connectivity index is 1.22. The van der Waals surface area contributed by atoms with E-state index in [1.54, 1.807) is 12.4 Å². The van der Waals surface area contributed by atoms with E-state index >= 15 is 0 Å². The van der Waals surface area contributed by atoms with Gasteiger partial charge in [-0.25, -0.2) is 0 Å². The Kier molecular flexibility index (Phi) is 6.45. The molecule has 1 aromatic carbocycles. The number of rotatable bonds is 5. The van der Waals surface area contributed by atoms with Gasteiger partial charge in [-0.05, 0) is 80.6 Å². The van der Waals surface area contributed by atoms with Crippen LogP contribution in [-0.2, 0) is 11.2 Å². The number of carbonyl (C=O) groups is 2. The first kappa shape index (κ1) is 23.2. The van der Waals surface area contributed by atoms with Gasteiger partial charge in [0.1, 0.15) is 11.5 Å². The highest BCUT2D eigenvalue weighted by molar-refractivity contribution is 6.01. The highest BCUT2D eigenvalue weighted by atomic mass is 16.3. The van der Waals surface area contributed by atoms with E-state index in [1.165, 1.54) is 19.3 Å². The predicted octanol–water partition coefficient (Wildman–Crippen LogP) is 5.33. The topological polar surface area (TPSA) is 66.7 Å². The lowest BCUT2D eigenvalue weighted by atomic mass is 9.93. The van der Waals surface area contributed by atoms with Gasteiger partial charge in [0.2, 0.25) is 5.91 Å². The molecule has 3 aromatic rings. The van der Waals surface area contributed by atoms with Crippen molar-refractivity contribution in [1.82, 2.24) is 14.8 Å². The van der Waals surface area contributed by atoms with Crippen LogP contribution >= 0.6 is 0 Å². The average Bonchev–Trinajstić information content (AvgIpc) is 3.54. The maximum atomic E-state index is 12.9. The summed E-state index contributed by atoms with van der Waals surface area (Å²) >= 11 is 0. The van der Waals surface area contributed by atoms with Gasteiger partial charge in [0.05, 0.1) is 6.54 Å². The number of aryl methyl sites for hydroxylation is 1. The summed E-state index contributed by atoms with van der Waals surface area (Å²) in [5, 5.41) is 0. The summed E-state index contributed by atoms with van der Waals surface area (Å²) in [6, 6.07) is 12.3. The van der Waals surface area contributed by atoms with E-state index in [1.807, 2.05) is 29.2 Å². The van der Waals surface area contributed by atoms with Crippen molar-refractivity contribution in [2.75, 3.05) is 32.7 Å². The largest absolute Gasteiger partial charge is 0.460 e. The quantitative estimate of drug-likeness (QED) is 0.491. The minimum absolute atomic E-state index is 0.229. The molecular formula is C30H33N3O3. The molecule has 0 atom stereocenters. The zero-order valence-electron chi connectivity index (χ0n) is 20.7. The molecule has 6 heteroatoms. The van der Waals surface area contributed by atoms with Crippen molar-refractivity contribution in [3.8, 4) is 22.5 Å². The zero-order valence-corrected chi connectivity index (χ0v) is 20.7. The Bertz CT molecular complexity index is 1250. The van der Waals surface area contributed by atoms with Gasteiger partial charge in [-0.2, -0.15) is 0 Å². The Morgan fingerprint density at radius 2 is 1.67 bits per heavy atom. The maximum Gasteiger partial charge on any atom is 0.236 e. The lowest BCUT2D eigenvalue weighted by molar-refractivity contribution is -0.133. The third-order valence-electron chi connectivity index (χ3n) is 8.09. The Morgan fingerprint density at radius 3 is 2.44 bits per heavy atom. The third kappa shape index (κ3) is 4.62. The third-order valence-corrected chi connectivity index (χ3v) is 8.09. The molecule has 2 aromatic heterocycles. The summed E-state index contributed by atoms with van der Waals surface area (Å²) in [4.78, 5) is 33.6. The molecule has 36 heavy (non-hydrogen) atoms. The minimum Gasteiger partial charge on any atom is -0.460 e. The summed E-state index contributed by atoms with van der Waals surface area (Å²) in [6.45, 7) is 4.21. The summed E-state index contributed by atoms with van der Waals surface area (Å²) < 4.78 is 6.58. The van der Waals surface area contributed by atoms with Gasteiger partial charge in [0.15, 0.2) is 5.78 Å². The highest BCUT2D eigenvalue weighted by Gasteiger charge is 2.29. The van der Waals surface area contributed by atoms with E-state index in [0.717, 1.165) is 84.8 Å². The van der Waals surface area contributed by atoms with Gasteiger partial charge in [-0.15, -0.1) is 0 Å². The fourth-order valence-corrected chi connectivity index (χ4v) is 5.99. The molecule has 2 fully saturated rings. The molecule has 0 radical (unpaired) electrons. The Morgan fingerprint density at radius 1 is 0.889 bits per heavy atom. The van der Waals surface area contributed by atoms with Crippen LogP contribution in [0, 0.1) is 0 Å². The van der Waals surface area contributed by atoms with Crippen LogP contribution in [0.3, 0.4) is 0 Å². The molecule has 2 saturated heterocycles. The van der Waals surface area contributed by atoms with E-state index in [2.05, 4.69) is 22.0 Å². The van der Waals surface area contributed by atoms with Crippen molar-refractivity contribution < 1.29 is 14.0 Å². The number of aromatic nitrogens is 1.